The third kappa shape index (κ3) is 3.40. The Bertz CT molecular complexity index is 700. The van der Waals surface area contributed by atoms with E-state index in [2.05, 4.69) is 26.6 Å². The second kappa shape index (κ2) is 7.62. The van der Waals surface area contributed by atoms with Crippen molar-refractivity contribution in [1.29, 1.82) is 0 Å². The molecule has 2 fully saturated rings. The van der Waals surface area contributed by atoms with Gasteiger partial charge >= 0.3 is 0 Å². The summed E-state index contributed by atoms with van der Waals surface area (Å²) in [5, 5.41) is 0. The molecule has 0 unspecified atom stereocenters. The molecule has 2 aliphatic rings. The fourth-order valence-electron chi connectivity index (χ4n) is 4.42. The molecule has 3 heterocycles. The molecule has 5 heteroatoms. The van der Waals surface area contributed by atoms with Crippen molar-refractivity contribution in [3.8, 4) is 0 Å². The number of amides is 1. The van der Waals surface area contributed by atoms with E-state index in [0.29, 0.717) is 25.0 Å². The predicted octanol–water partition coefficient (Wildman–Crippen LogP) is 2.87. The number of ether oxygens (including phenoxy) is 1. The number of imidazole rings is 1. The van der Waals surface area contributed by atoms with Crippen LogP contribution in [0.15, 0.2) is 49.1 Å². The molecule has 1 aromatic carbocycles. The summed E-state index contributed by atoms with van der Waals surface area (Å²) in [6, 6.07) is 10.3. The van der Waals surface area contributed by atoms with E-state index in [-0.39, 0.29) is 0 Å². The summed E-state index contributed by atoms with van der Waals surface area (Å²) >= 11 is 0. The zero-order chi connectivity index (χ0) is 17.8. The van der Waals surface area contributed by atoms with Crippen molar-refractivity contribution in [3.05, 3.63) is 54.6 Å². The van der Waals surface area contributed by atoms with Crippen LogP contribution < -0.4 is 0 Å². The average Bonchev–Trinajstić information content (AvgIpc) is 3.22. The number of carbonyl (C=O) groups is 1. The monoisotopic (exact) mass is 353 g/mol. The zero-order valence-electron chi connectivity index (χ0n) is 15.2. The summed E-state index contributed by atoms with van der Waals surface area (Å²) in [4.78, 5) is 19.8. The van der Waals surface area contributed by atoms with Crippen molar-refractivity contribution < 1.29 is 9.53 Å². The van der Waals surface area contributed by atoms with Gasteiger partial charge in [-0.25, -0.2) is 4.98 Å². The molecule has 0 bridgehead atoms. The average molecular weight is 353 g/mol. The number of rotatable bonds is 4. The molecule has 0 spiro atoms. The van der Waals surface area contributed by atoms with Crippen LogP contribution in [0.2, 0.25) is 0 Å². The fourth-order valence-corrected chi connectivity index (χ4v) is 4.42. The van der Waals surface area contributed by atoms with Crippen LogP contribution in [0.4, 0.5) is 0 Å². The Morgan fingerprint density at radius 2 is 1.88 bits per heavy atom. The Balaban J connectivity index is 1.45. The Morgan fingerprint density at radius 3 is 2.54 bits per heavy atom. The van der Waals surface area contributed by atoms with Crippen molar-refractivity contribution >= 4 is 5.91 Å². The lowest BCUT2D eigenvalue weighted by molar-refractivity contribution is -0.142. The number of nitrogens with zero attached hydrogens (tertiary/aromatic N) is 3. The van der Waals surface area contributed by atoms with Gasteiger partial charge in [0.15, 0.2) is 0 Å². The van der Waals surface area contributed by atoms with Crippen LogP contribution in [0, 0.1) is 5.92 Å². The first kappa shape index (κ1) is 17.3. The van der Waals surface area contributed by atoms with E-state index in [0.717, 1.165) is 50.9 Å². The molecule has 0 saturated carbocycles. The highest BCUT2D eigenvalue weighted by atomic mass is 16.5. The molecule has 5 nitrogen and oxygen atoms in total. The summed E-state index contributed by atoms with van der Waals surface area (Å²) < 4.78 is 7.73. The van der Waals surface area contributed by atoms with Crippen LogP contribution in [-0.4, -0.2) is 46.7 Å². The van der Waals surface area contributed by atoms with Gasteiger partial charge in [-0.3, -0.25) is 4.79 Å². The Labute approximate surface area is 155 Å². The Morgan fingerprint density at radius 1 is 1.15 bits per heavy atom. The quantitative estimate of drug-likeness (QED) is 0.849. The van der Waals surface area contributed by atoms with Crippen LogP contribution in [-0.2, 0) is 21.5 Å². The molecule has 2 aromatic rings. The zero-order valence-corrected chi connectivity index (χ0v) is 15.2. The first-order valence-corrected chi connectivity index (χ1v) is 9.66. The minimum Gasteiger partial charge on any atom is -0.381 e. The molecule has 0 atom stereocenters. The van der Waals surface area contributed by atoms with Crippen molar-refractivity contribution in [2.45, 2.75) is 37.6 Å². The summed E-state index contributed by atoms with van der Waals surface area (Å²) in [7, 11) is 0. The molecule has 2 aliphatic heterocycles. The third-order valence-corrected chi connectivity index (χ3v) is 6.01. The van der Waals surface area contributed by atoms with E-state index < -0.39 is 5.41 Å². The Hall–Kier alpha value is -2.14. The van der Waals surface area contributed by atoms with Gasteiger partial charge < -0.3 is 14.2 Å². The topological polar surface area (TPSA) is 47.4 Å². The van der Waals surface area contributed by atoms with Gasteiger partial charge in [0.25, 0.3) is 0 Å². The molecular formula is C21H27N3O2. The van der Waals surface area contributed by atoms with Gasteiger partial charge in [0.1, 0.15) is 0 Å². The summed E-state index contributed by atoms with van der Waals surface area (Å²) in [6.07, 6.45) is 9.41. The van der Waals surface area contributed by atoms with Crippen molar-refractivity contribution in [1.82, 2.24) is 14.5 Å². The van der Waals surface area contributed by atoms with Crippen molar-refractivity contribution in [2.24, 2.45) is 5.92 Å². The van der Waals surface area contributed by atoms with E-state index in [1.54, 1.807) is 0 Å². The second-order valence-corrected chi connectivity index (χ2v) is 7.56. The molecule has 138 valence electrons. The molecule has 1 aromatic heterocycles. The normalized spacial score (nSPS) is 20.8. The first-order valence-electron chi connectivity index (χ1n) is 9.66. The van der Waals surface area contributed by atoms with E-state index in [4.69, 9.17) is 4.74 Å². The summed E-state index contributed by atoms with van der Waals surface area (Å²) in [5.74, 6) is 0.920. The maximum Gasteiger partial charge on any atom is 0.233 e. The van der Waals surface area contributed by atoms with Crippen LogP contribution in [0.1, 0.15) is 31.2 Å². The lowest BCUT2D eigenvalue weighted by atomic mass is 9.72. The molecule has 4 rings (SSSR count). The van der Waals surface area contributed by atoms with Gasteiger partial charge in [0.05, 0.1) is 11.7 Å². The molecule has 2 saturated heterocycles. The summed E-state index contributed by atoms with van der Waals surface area (Å²) in [6.45, 7) is 4.04. The number of carbonyl (C=O) groups excluding carboxylic acids is 1. The smallest absolute Gasteiger partial charge is 0.233 e. The molecule has 1 amide bonds. The van der Waals surface area contributed by atoms with E-state index in [1.165, 1.54) is 0 Å². The molecular weight excluding hydrogens is 326 g/mol. The maximum atomic E-state index is 13.6. The highest BCUT2D eigenvalue weighted by molar-refractivity contribution is 5.88. The maximum absolute atomic E-state index is 13.6. The van der Waals surface area contributed by atoms with Crippen molar-refractivity contribution in [2.75, 3.05) is 26.3 Å². The first-order chi connectivity index (χ1) is 12.8. The van der Waals surface area contributed by atoms with Crippen LogP contribution in [0.25, 0.3) is 0 Å². The molecule has 0 aliphatic carbocycles. The van der Waals surface area contributed by atoms with E-state index in [1.807, 2.05) is 36.9 Å². The number of hydrogen-bond acceptors (Lipinski definition) is 3. The van der Waals surface area contributed by atoms with Crippen LogP contribution >= 0.6 is 0 Å². The SMILES string of the molecule is O=C(N1CCC(Cn2ccnc2)CC1)C1(c2ccccc2)CCOCC1. The molecule has 26 heavy (non-hydrogen) atoms. The minimum atomic E-state index is -0.406. The standard InChI is InChI=1S/C21H27N3O2/c25-20(21(8-14-26-15-9-21)19-4-2-1-3-5-19)24-11-6-18(7-12-24)16-23-13-10-22-17-23/h1-5,10,13,17-18H,6-9,11-12,14-16H2. The summed E-state index contributed by atoms with van der Waals surface area (Å²) in [5.41, 5.74) is 0.741. The van der Waals surface area contributed by atoms with Gasteiger partial charge in [-0.1, -0.05) is 30.3 Å². The number of benzene rings is 1. The largest absolute Gasteiger partial charge is 0.381 e. The van der Waals surface area contributed by atoms with Gasteiger partial charge in [-0.2, -0.15) is 0 Å². The van der Waals surface area contributed by atoms with Gasteiger partial charge in [0.2, 0.25) is 5.91 Å². The Kier molecular flexibility index (Phi) is 5.07. The van der Waals surface area contributed by atoms with Crippen LogP contribution in [0.5, 0.6) is 0 Å². The highest BCUT2D eigenvalue weighted by Gasteiger charge is 2.44. The molecule has 0 N–H and O–H groups in total. The predicted molar refractivity (Wildman–Crippen MR) is 99.7 cm³/mol. The number of aromatic nitrogens is 2. The molecule has 0 radical (unpaired) electrons. The van der Waals surface area contributed by atoms with Crippen LogP contribution in [0.3, 0.4) is 0 Å². The number of hydrogen-bond donors (Lipinski definition) is 0. The van der Waals surface area contributed by atoms with E-state index >= 15 is 0 Å². The third-order valence-electron chi connectivity index (χ3n) is 6.01. The second-order valence-electron chi connectivity index (χ2n) is 7.56. The van der Waals surface area contributed by atoms with Crippen molar-refractivity contribution in [3.63, 3.8) is 0 Å². The van der Waals surface area contributed by atoms with Gasteiger partial charge in [-0.05, 0) is 37.2 Å². The van der Waals surface area contributed by atoms with Gasteiger partial charge in [0, 0.05) is 45.2 Å². The highest BCUT2D eigenvalue weighted by Crippen LogP contribution is 2.37. The number of likely N-dealkylation sites (tertiary alicyclic amines) is 1. The fraction of sp³-hybridized carbons (Fsp3) is 0.524. The van der Waals surface area contributed by atoms with E-state index in [9.17, 15) is 4.79 Å². The minimum absolute atomic E-state index is 0.299. The number of piperidine rings is 1. The lowest BCUT2D eigenvalue weighted by Crippen LogP contribution is -2.52. The lowest BCUT2D eigenvalue weighted by Gasteiger charge is -2.42. The van der Waals surface area contributed by atoms with Gasteiger partial charge in [-0.15, -0.1) is 0 Å².